The highest BCUT2D eigenvalue weighted by Crippen LogP contribution is 2.16. The molecule has 16 heavy (non-hydrogen) atoms. The highest BCUT2D eigenvalue weighted by atomic mass is 35.5. The Bertz CT molecular complexity index is 368. The number of hydrogen-bond donors (Lipinski definition) is 1. The van der Waals surface area contributed by atoms with Crippen molar-refractivity contribution in [2.24, 2.45) is 5.73 Å². The molecular formula is C12H17ClN2O. The van der Waals surface area contributed by atoms with Crippen LogP contribution in [-0.4, -0.2) is 23.9 Å². The van der Waals surface area contributed by atoms with E-state index in [2.05, 4.69) is 0 Å². The topological polar surface area (TPSA) is 46.3 Å². The van der Waals surface area contributed by atoms with Crippen molar-refractivity contribution in [2.75, 3.05) is 7.05 Å². The van der Waals surface area contributed by atoms with Gasteiger partial charge in [-0.05, 0) is 18.1 Å². The smallest absolute Gasteiger partial charge is 0.239 e. The molecule has 0 spiro atoms. The normalized spacial score (nSPS) is 12.2. The molecule has 4 heteroatoms. The second-order valence-corrected chi connectivity index (χ2v) is 4.21. The summed E-state index contributed by atoms with van der Waals surface area (Å²) in [5.74, 6) is -0.0533. The Morgan fingerprint density at radius 2 is 2.12 bits per heavy atom. The molecule has 1 aromatic carbocycles. The maximum absolute atomic E-state index is 11.7. The Morgan fingerprint density at radius 1 is 1.50 bits per heavy atom. The molecule has 0 aromatic heterocycles. The molecule has 0 aliphatic rings. The van der Waals surface area contributed by atoms with E-state index in [0.29, 0.717) is 18.0 Å². The predicted octanol–water partition coefficient (Wildman–Crippen LogP) is 2.04. The van der Waals surface area contributed by atoms with E-state index < -0.39 is 6.04 Å². The van der Waals surface area contributed by atoms with E-state index in [9.17, 15) is 4.79 Å². The Labute approximate surface area is 101 Å². The third-order valence-electron chi connectivity index (χ3n) is 2.50. The van der Waals surface area contributed by atoms with Crippen LogP contribution in [0.3, 0.4) is 0 Å². The molecule has 0 heterocycles. The average molecular weight is 241 g/mol. The highest BCUT2D eigenvalue weighted by Gasteiger charge is 2.16. The third-order valence-corrected chi connectivity index (χ3v) is 2.87. The molecule has 0 bridgehead atoms. The molecule has 1 atom stereocenters. The molecule has 0 saturated carbocycles. The van der Waals surface area contributed by atoms with Crippen LogP contribution in [0.2, 0.25) is 5.02 Å². The Hall–Kier alpha value is -1.06. The van der Waals surface area contributed by atoms with Crippen molar-refractivity contribution in [3.63, 3.8) is 0 Å². The van der Waals surface area contributed by atoms with E-state index in [1.54, 1.807) is 11.9 Å². The second-order valence-electron chi connectivity index (χ2n) is 3.80. The van der Waals surface area contributed by atoms with Gasteiger partial charge < -0.3 is 10.6 Å². The van der Waals surface area contributed by atoms with E-state index in [0.717, 1.165) is 5.56 Å². The first-order chi connectivity index (χ1) is 7.56. The average Bonchev–Trinajstić information content (AvgIpc) is 2.30. The number of nitrogens with two attached hydrogens (primary N) is 1. The van der Waals surface area contributed by atoms with Crippen LogP contribution < -0.4 is 5.73 Å². The summed E-state index contributed by atoms with van der Waals surface area (Å²) in [7, 11) is 1.74. The van der Waals surface area contributed by atoms with Crippen LogP contribution in [0.15, 0.2) is 24.3 Å². The zero-order valence-electron chi connectivity index (χ0n) is 9.61. The fraction of sp³-hybridized carbons (Fsp3) is 0.417. The monoisotopic (exact) mass is 240 g/mol. The first-order valence-electron chi connectivity index (χ1n) is 5.30. The minimum absolute atomic E-state index is 0.0533. The van der Waals surface area contributed by atoms with Gasteiger partial charge in [-0.15, -0.1) is 0 Å². The van der Waals surface area contributed by atoms with Gasteiger partial charge in [0.2, 0.25) is 5.91 Å². The first-order valence-corrected chi connectivity index (χ1v) is 5.68. The Kier molecular flexibility index (Phi) is 4.77. The summed E-state index contributed by atoms with van der Waals surface area (Å²) in [4.78, 5) is 13.4. The molecule has 0 radical (unpaired) electrons. The molecule has 88 valence electrons. The lowest BCUT2D eigenvalue weighted by Gasteiger charge is -2.21. The van der Waals surface area contributed by atoms with Crippen molar-refractivity contribution in [1.29, 1.82) is 0 Å². The van der Waals surface area contributed by atoms with Crippen molar-refractivity contribution in [1.82, 2.24) is 4.90 Å². The van der Waals surface area contributed by atoms with Crippen LogP contribution in [0, 0.1) is 0 Å². The van der Waals surface area contributed by atoms with Gasteiger partial charge in [0.15, 0.2) is 0 Å². The van der Waals surface area contributed by atoms with E-state index >= 15 is 0 Å². The fourth-order valence-corrected chi connectivity index (χ4v) is 1.61. The number of hydrogen-bond acceptors (Lipinski definition) is 2. The molecule has 0 aliphatic heterocycles. The molecule has 0 fully saturated rings. The van der Waals surface area contributed by atoms with Gasteiger partial charge in [0.05, 0.1) is 6.04 Å². The summed E-state index contributed by atoms with van der Waals surface area (Å²) in [6, 6.07) is 7.07. The lowest BCUT2D eigenvalue weighted by atomic mass is 10.2. The van der Waals surface area contributed by atoms with E-state index in [1.165, 1.54) is 0 Å². The Morgan fingerprint density at radius 3 is 2.69 bits per heavy atom. The highest BCUT2D eigenvalue weighted by molar-refractivity contribution is 6.31. The maximum atomic E-state index is 11.7. The lowest BCUT2D eigenvalue weighted by Crippen LogP contribution is -2.40. The van der Waals surface area contributed by atoms with Crippen molar-refractivity contribution in [3.05, 3.63) is 34.9 Å². The minimum atomic E-state index is -0.424. The molecule has 1 amide bonds. The molecule has 3 nitrogen and oxygen atoms in total. The predicted molar refractivity (Wildman–Crippen MR) is 66.2 cm³/mol. The van der Waals surface area contributed by atoms with Gasteiger partial charge >= 0.3 is 0 Å². The van der Waals surface area contributed by atoms with Crippen molar-refractivity contribution in [3.8, 4) is 0 Å². The largest absolute Gasteiger partial charge is 0.340 e. The number of rotatable bonds is 4. The molecule has 0 saturated heterocycles. The molecule has 2 N–H and O–H groups in total. The minimum Gasteiger partial charge on any atom is -0.340 e. The van der Waals surface area contributed by atoms with Gasteiger partial charge in [-0.2, -0.15) is 0 Å². The van der Waals surface area contributed by atoms with Gasteiger partial charge in [0.25, 0.3) is 0 Å². The van der Waals surface area contributed by atoms with Gasteiger partial charge in [-0.1, -0.05) is 36.7 Å². The van der Waals surface area contributed by atoms with Crippen LogP contribution >= 0.6 is 11.6 Å². The standard InChI is InChI=1S/C12H17ClN2O/c1-3-11(14)12(16)15(2)8-9-6-4-5-7-10(9)13/h4-7,11H,3,8,14H2,1-2H3/t11-/m0/s1. The van der Waals surface area contributed by atoms with E-state index in [-0.39, 0.29) is 5.91 Å². The Balaban J connectivity index is 2.68. The van der Waals surface area contributed by atoms with Crippen LogP contribution in [-0.2, 0) is 11.3 Å². The number of likely N-dealkylation sites (N-methyl/N-ethyl adjacent to an activating group) is 1. The van der Waals surface area contributed by atoms with Crippen molar-refractivity contribution >= 4 is 17.5 Å². The third kappa shape index (κ3) is 3.22. The van der Waals surface area contributed by atoms with Gasteiger partial charge in [-0.25, -0.2) is 0 Å². The number of nitrogens with zero attached hydrogens (tertiary/aromatic N) is 1. The number of carbonyl (C=O) groups excluding carboxylic acids is 1. The second kappa shape index (κ2) is 5.87. The quantitative estimate of drug-likeness (QED) is 0.876. The van der Waals surface area contributed by atoms with Crippen LogP contribution in [0.1, 0.15) is 18.9 Å². The van der Waals surface area contributed by atoms with Crippen LogP contribution in [0.25, 0.3) is 0 Å². The summed E-state index contributed by atoms with van der Waals surface area (Å²) in [5, 5.41) is 0.673. The number of halogens is 1. The fourth-order valence-electron chi connectivity index (χ4n) is 1.42. The molecule has 0 aliphatic carbocycles. The first kappa shape index (κ1) is 13.0. The van der Waals surface area contributed by atoms with E-state index in [4.69, 9.17) is 17.3 Å². The van der Waals surface area contributed by atoms with Crippen molar-refractivity contribution < 1.29 is 4.79 Å². The summed E-state index contributed by atoms with van der Waals surface area (Å²) < 4.78 is 0. The van der Waals surface area contributed by atoms with Gasteiger partial charge in [0.1, 0.15) is 0 Å². The van der Waals surface area contributed by atoms with Gasteiger partial charge in [-0.3, -0.25) is 4.79 Å². The van der Waals surface area contributed by atoms with Gasteiger partial charge in [0, 0.05) is 18.6 Å². The summed E-state index contributed by atoms with van der Waals surface area (Å²) >= 11 is 6.02. The molecule has 1 aromatic rings. The summed E-state index contributed by atoms with van der Waals surface area (Å²) in [6.07, 6.45) is 0.645. The lowest BCUT2D eigenvalue weighted by molar-refractivity contribution is -0.131. The number of amides is 1. The van der Waals surface area contributed by atoms with Crippen molar-refractivity contribution in [2.45, 2.75) is 25.9 Å². The zero-order chi connectivity index (χ0) is 12.1. The SMILES string of the molecule is CC[C@H](N)C(=O)N(C)Cc1ccccc1Cl. The van der Waals surface area contributed by atoms with Crippen LogP contribution in [0.5, 0.6) is 0 Å². The molecular weight excluding hydrogens is 224 g/mol. The van der Waals surface area contributed by atoms with Crippen LogP contribution in [0.4, 0.5) is 0 Å². The maximum Gasteiger partial charge on any atom is 0.239 e. The number of benzene rings is 1. The molecule has 0 unspecified atom stereocenters. The molecule has 1 rings (SSSR count). The summed E-state index contributed by atoms with van der Waals surface area (Å²) in [6.45, 7) is 2.39. The number of carbonyl (C=O) groups is 1. The zero-order valence-corrected chi connectivity index (χ0v) is 10.4. The summed E-state index contributed by atoms with van der Waals surface area (Å²) in [5.41, 5.74) is 6.62. The van der Waals surface area contributed by atoms with E-state index in [1.807, 2.05) is 31.2 Å².